The molecule has 0 bridgehead atoms. The van der Waals surface area contributed by atoms with Gasteiger partial charge in [-0.05, 0) is 48.5 Å². The molecule has 0 fully saturated rings. The molecular weight excluding hydrogens is 318 g/mol. The SMILES string of the molecule is COc1ccccc1OC(C)CNc1nnnn1-c1ccc(C)cc1. The van der Waals surface area contributed by atoms with Gasteiger partial charge in [-0.1, -0.05) is 34.9 Å². The van der Waals surface area contributed by atoms with Crippen LogP contribution in [0.25, 0.3) is 5.69 Å². The molecule has 3 aromatic rings. The molecule has 1 aromatic heterocycles. The number of nitrogens with zero attached hydrogens (tertiary/aromatic N) is 4. The van der Waals surface area contributed by atoms with E-state index >= 15 is 0 Å². The molecule has 1 heterocycles. The zero-order valence-electron chi connectivity index (χ0n) is 14.5. The molecular formula is C18H21N5O2. The van der Waals surface area contributed by atoms with Crippen molar-refractivity contribution in [3.63, 3.8) is 0 Å². The van der Waals surface area contributed by atoms with Gasteiger partial charge in [-0.15, -0.1) is 0 Å². The Morgan fingerprint density at radius 2 is 1.80 bits per heavy atom. The average molecular weight is 339 g/mol. The second-order valence-corrected chi connectivity index (χ2v) is 5.71. The minimum atomic E-state index is -0.0977. The van der Waals surface area contributed by atoms with Crippen molar-refractivity contribution < 1.29 is 9.47 Å². The molecule has 130 valence electrons. The van der Waals surface area contributed by atoms with Crippen molar-refractivity contribution in [2.45, 2.75) is 20.0 Å². The van der Waals surface area contributed by atoms with E-state index in [1.165, 1.54) is 5.56 Å². The number of rotatable bonds is 7. The second-order valence-electron chi connectivity index (χ2n) is 5.71. The fraction of sp³-hybridized carbons (Fsp3) is 0.278. The van der Waals surface area contributed by atoms with Gasteiger partial charge in [0.15, 0.2) is 11.5 Å². The molecule has 1 N–H and O–H groups in total. The summed E-state index contributed by atoms with van der Waals surface area (Å²) < 4.78 is 12.9. The van der Waals surface area contributed by atoms with Crippen molar-refractivity contribution in [2.24, 2.45) is 0 Å². The van der Waals surface area contributed by atoms with E-state index in [4.69, 9.17) is 9.47 Å². The molecule has 0 saturated carbocycles. The van der Waals surface area contributed by atoms with Crippen LogP contribution < -0.4 is 14.8 Å². The Labute approximate surface area is 146 Å². The number of benzene rings is 2. The Bertz CT molecular complexity index is 816. The van der Waals surface area contributed by atoms with E-state index in [0.29, 0.717) is 24.0 Å². The van der Waals surface area contributed by atoms with Gasteiger partial charge < -0.3 is 14.8 Å². The Morgan fingerprint density at radius 3 is 2.52 bits per heavy atom. The Morgan fingerprint density at radius 1 is 1.08 bits per heavy atom. The van der Waals surface area contributed by atoms with Gasteiger partial charge in [0.2, 0.25) is 5.95 Å². The molecule has 1 unspecified atom stereocenters. The number of aryl methyl sites for hydroxylation is 1. The van der Waals surface area contributed by atoms with Crippen molar-refractivity contribution in [3.8, 4) is 17.2 Å². The van der Waals surface area contributed by atoms with Crippen molar-refractivity contribution >= 4 is 5.95 Å². The molecule has 0 amide bonds. The third-order valence-electron chi connectivity index (χ3n) is 3.69. The van der Waals surface area contributed by atoms with E-state index in [2.05, 4.69) is 20.8 Å². The summed E-state index contributed by atoms with van der Waals surface area (Å²) in [6.45, 7) is 4.56. The summed E-state index contributed by atoms with van der Waals surface area (Å²) >= 11 is 0. The lowest BCUT2D eigenvalue weighted by Gasteiger charge is -2.17. The lowest BCUT2D eigenvalue weighted by Crippen LogP contribution is -2.24. The van der Waals surface area contributed by atoms with Crippen LogP contribution in [0.3, 0.4) is 0 Å². The minimum Gasteiger partial charge on any atom is -0.493 e. The summed E-state index contributed by atoms with van der Waals surface area (Å²) in [5.74, 6) is 1.98. The van der Waals surface area contributed by atoms with Crippen molar-refractivity contribution in [1.82, 2.24) is 20.2 Å². The number of hydrogen-bond donors (Lipinski definition) is 1. The van der Waals surface area contributed by atoms with Gasteiger partial charge in [0.1, 0.15) is 6.10 Å². The molecule has 1 atom stereocenters. The normalized spacial score (nSPS) is 11.8. The predicted octanol–water partition coefficient (Wildman–Crippen LogP) is 2.86. The van der Waals surface area contributed by atoms with Gasteiger partial charge in [0, 0.05) is 0 Å². The molecule has 3 rings (SSSR count). The van der Waals surface area contributed by atoms with Gasteiger partial charge in [0.25, 0.3) is 0 Å². The van der Waals surface area contributed by atoms with Crippen LogP contribution in [-0.2, 0) is 0 Å². The fourth-order valence-corrected chi connectivity index (χ4v) is 2.37. The Hall–Kier alpha value is -3.09. The summed E-state index contributed by atoms with van der Waals surface area (Å²) in [7, 11) is 1.63. The van der Waals surface area contributed by atoms with E-state index in [1.807, 2.05) is 62.4 Å². The lowest BCUT2D eigenvalue weighted by molar-refractivity contribution is 0.223. The van der Waals surface area contributed by atoms with E-state index < -0.39 is 0 Å². The number of para-hydroxylation sites is 2. The molecule has 7 nitrogen and oxygen atoms in total. The number of anilines is 1. The summed E-state index contributed by atoms with van der Waals surface area (Å²) in [4.78, 5) is 0. The molecule has 0 saturated heterocycles. The van der Waals surface area contributed by atoms with Crippen LogP contribution in [0, 0.1) is 6.92 Å². The van der Waals surface area contributed by atoms with Gasteiger partial charge in [-0.2, -0.15) is 4.68 Å². The quantitative estimate of drug-likeness (QED) is 0.713. The zero-order valence-corrected chi connectivity index (χ0v) is 14.5. The number of nitrogens with one attached hydrogen (secondary N) is 1. The van der Waals surface area contributed by atoms with E-state index in [0.717, 1.165) is 5.69 Å². The predicted molar refractivity (Wildman–Crippen MR) is 95.5 cm³/mol. The van der Waals surface area contributed by atoms with Crippen LogP contribution in [0.1, 0.15) is 12.5 Å². The van der Waals surface area contributed by atoms with Crippen LogP contribution in [-0.4, -0.2) is 40.0 Å². The maximum atomic E-state index is 5.93. The third-order valence-corrected chi connectivity index (χ3v) is 3.69. The number of hydrogen-bond acceptors (Lipinski definition) is 6. The van der Waals surface area contributed by atoms with Crippen LogP contribution >= 0.6 is 0 Å². The Balaban J connectivity index is 1.64. The number of tetrazole rings is 1. The molecule has 25 heavy (non-hydrogen) atoms. The molecule has 7 heteroatoms. The lowest BCUT2D eigenvalue weighted by atomic mass is 10.2. The van der Waals surface area contributed by atoms with Crippen LogP contribution in [0.5, 0.6) is 11.5 Å². The zero-order chi connectivity index (χ0) is 17.6. The fourth-order valence-electron chi connectivity index (χ4n) is 2.37. The van der Waals surface area contributed by atoms with Crippen LogP contribution in [0.4, 0.5) is 5.95 Å². The number of ether oxygens (including phenoxy) is 2. The van der Waals surface area contributed by atoms with E-state index in [1.54, 1.807) is 11.8 Å². The van der Waals surface area contributed by atoms with Crippen molar-refractivity contribution in [3.05, 3.63) is 54.1 Å². The number of methoxy groups -OCH3 is 1. The molecule has 0 spiro atoms. The largest absolute Gasteiger partial charge is 0.493 e. The summed E-state index contributed by atoms with van der Waals surface area (Å²) in [5, 5.41) is 15.1. The van der Waals surface area contributed by atoms with E-state index in [9.17, 15) is 0 Å². The first-order valence-corrected chi connectivity index (χ1v) is 8.06. The maximum Gasteiger partial charge on any atom is 0.247 e. The summed E-state index contributed by atoms with van der Waals surface area (Å²) in [5.41, 5.74) is 2.08. The van der Waals surface area contributed by atoms with Gasteiger partial charge in [-0.25, -0.2) is 0 Å². The minimum absolute atomic E-state index is 0.0977. The topological polar surface area (TPSA) is 74.1 Å². The first-order valence-electron chi connectivity index (χ1n) is 8.06. The highest BCUT2D eigenvalue weighted by atomic mass is 16.5. The van der Waals surface area contributed by atoms with Crippen LogP contribution in [0.2, 0.25) is 0 Å². The first-order chi connectivity index (χ1) is 12.2. The molecule has 0 aliphatic carbocycles. The summed E-state index contributed by atoms with van der Waals surface area (Å²) in [6.07, 6.45) is -0.0977. The third kappa shape index (κ3) is 4.06. The average Bonchev–Trinajstić information content (AvgIpc) is 3.09. The highest BCUT2D eigenvalue weighted by Crippen LogP contribution is 2.26. The molecule has 0 radical (unpaired) electrons. The van der Waals surface area contributed by atoms with Gasteiger partial charge in [-0.3, -0.25) is 0 Å². The summed E-state index contributed by atoms with van der Waals surface area (Å²) in [6, 6.07) is 15.6. The smallest absolute Gasteiger partial charge is 0.247 e. The van der Waals surface area contributed by atoms with E-state index in [-0.39, 0.29) is 6.10 Å². The highest BCUT2D eigenvalue weighted by Gasteiger charge is 2.12. The standard InChI is InChI=1S/C18H21N5O2/c1-13-8-10-15(11-9-13)23-18(20-21-22-23)19-12-14(2)25-17-7-5-4-6-16(17)24-3/h4-11,14H,12H2,1-3H3,(H,19,20,22). The molecule has 2 aromatic carbocycles. The first kappa shape index (κ1) is 16.8. The number of aromatic nitrogens is 4. The monoisotopic (exact) mass is 339 g/mol. The maximum absolute atomic E-state index is 5.93. The molecule has 0 aliphatic heterocycles. The highest BCUT2D eigenvalue weighted by molar-refractivity contribution is 5.41. The molecule has 0 aliphatic rings. The van der Waals surface area contributed by atoms with Gasteiger partial charge in [0.05, 0.1) is 19.3 Å². The second kappa shape index (κ2) is 7.65. The van der Waals surface area contributed by atoms with Gasteiger partial charge >= 0.3 is 0 Å². The van der Waals surface area contributed by atoms with Crippen LogP contribution in [0.15, 0.2) is 48.5 Å². The van der Waals surface area contributed by atoms with Crippen molar-refractivity contribution in [2.75, 3.05) is 19.0 Å². The Kier molecular flexibility index (Phi) is 5.13. The van der Waals surface area contributed by atoms with Crippen molar-refractivity contribution in [1.29, 1.82) is 0 Å².